The molecule has 0 aliphatic carbocycles. The molecule has 16 heavy (non-hydrogen) atoms. The fraction of sp³-hybridized carbons (Fsp3) is 1.00. The van der Waals surface area contributed by atoms with E-state index >= 15 is 0 Å². The third-order valence-electron chi connectivity index (χ3n) is 3.19. The van der Waals surface area contributed by atoms with Crippen LogP contribution in [-0.4, -0.2) is 11.2 Å². The van der Waals surface area contributed by atoms with E-state index in [2.05, 4.69) is 20.8 Å². The van der Waals surface area contributed by atoms with Crippen LogP contribution >= 0.6 is 0 Å². The van der Waals surface area contributed by atoms with Gasteiger partial charge in [-0.05, 0) is 18.8 Å². The Balaban J connectivity index is 3.04. The van der Waals surface area contributed by atoms with Gasteiger partial charge in [0.25, 0.3) is 0 Å². The summed E-state index contributed by atoms with van der Waals surface area (Å²) in [5, 5.41) is 9.55. The third-order valence-corrected chi connectivity index (χ3v) is 3.19. The quantitative estimate of drug-likeness (QED) is 0.497. The van der Waals surface area contributed by atoms with Gasteiger partial charge >= 0.3 is 0 Å². The Hall–Kier alpha value is -0.0400. The first-order valence-corrected chi connectivity index (χ1v) is 7.34. The maximum atomic E-state index is 9.55. The molecule has 0 aromatic rings. The summed E-state index contributed by atoms with van der Waals surface area (Å²) in [6.07, 6.45) is 12.5. The summed E-state index contributed by atoms with van der Waals surface area (Å²) in [6.45, 7) is 6.74. The molecule has 1 unspecified atom stereocenters. The summed E-state index contributed by atoms with van der Waals surface area (Å²) in [6, 6.07) is 0. The van der Waals surface area contributed by atoms with Gasteiger partial charge in [0.2, 0.25) is 0 Å². The van der Waals surface area contributed by atoms with E-state index in [1.165, 1.54) is 44.9 Å². The second kappa shape index (κ2) is 11.4. The average Bonchev–Trinajstić information content (AvgIpc) is 2.22. The molecular formula is C15H32O. The highest BCUT2D eigenvalue weighted by molar-refractivity contribution is 4.55. The van der Waals surface area contributed by atoms with Gasteiger partial charge in [-0.1, -0.05) is 72.1 Å². The molecule has 1 heteroatoms. The first-order valence-electron chi connectivity index (χ1n) is 7.34. The molecule has 0 fully saturated rings. The van der Waals surface area contributed by atoms with Crippen molar-refractivity contribution in [1.29, 1.82) is 0 Å². The van der Waals surface area contributed by atoms with Crippen LogP contribution in [0.15, 0.2) is 0 Å². The van der Waals surface area contributed by atoms with Gasteiger partial charge in [-0.25, -0.2) is 0 Å². The topological polar surface area (TPSA) is 20.2 Å². The van der Waals surface area contributed by atoms with E-state index < -0.39 is 0 Å². The fourth-order valence-corrected chi connectivity index (χ4v) is 2.12. The normalized spacial score (nSPS) is 13.3. The molecule has 0 heterocycles. The van der Waals surface area contributed by atoms with Crippen LogP contribution in [0.2, 0.25) is 0 Å². The third kappa shape index (κ3) is 12.0. The minimum atomic E-state index is -0.0362. The van der Waals surface area contributed by atoms with Crippen molar-refractivity contribution in [2.45, 2.75) is 91.1 Å². The largest absolute Gasteiger partial charge is 0.393 e. The lowest BCUT2D eigenvalue weighted by Gasteiger charge is -2.08. The molecule has 0 spiro atoms. The molecule has 0 saturated carbocycles. The Morgan fingerprint density at radius 2 is 1.25 bits per heavy atom. The first-order chi connectivity index (χ1) is 7.66. The summed E-state index contributed by atoms with van der Waals surface area (Å²) in [5.74, 6) is 0.865. The lowest BCUT2D eigenvalue weighted by molar-refractivity contribution is 0.150. The van der Waals surface area contributed by atoms with E-state index in [9.17, 15) is 5.11 Å². The van der Waals surface area contributed by atoms with Crippen LogP contribution < -0.4 is 0 Å². The van der Waals surface area contributed by atoms with Crippen LogP contribution in [0, 0.1) is 5.92 Å². The summed E-state index contributed by atoms with van der Waals surface area (Å²) < 4.78 is 0. The molecule has 1 nitrogen and oxygen atoms in total. The Kier molecular flexibility index (Phi) is 11.4. The van der Waals surface area contributed by atoms with Crippen molar-refractivity contribution in [2.75, 3.05) is 0 Å². The van der Waals surface area contributed by atoms with Gasteiger partial charge in [0.15, 0.2) is 0 Å². The molecule has 1 N–H and O–H groups in total. The standard InChI is InChI=1S/C15H32O/c1-4-11-15(16)13-10-8-6-5-7-9-12-14(2)3/h14-16H,4-13H2,1-3H3. The number of rotatable bonds is 11. The highest BCUT2D eigenvalue weighted by Gasteiger charge is 2.01. The van der Waals surface area contributed by atoms with E-state index in [4.69, 9.17) is 0 Å². The lowest BCUT2D eigenvalue weighted by Crippen LogP contribution is -2.04. The van der Waals surface area contributed by atoms with Crippen molar-refractivity contribution in [3.05, 3.63) is 0 Å². The Labute approximate surface area is 103 Å². The van der Waals surface area contributed by atoms with Crippen molar-refractivity contribution in [1.82, 2.24) is 0 Å². The first kappa shape index (κ1) is 16.0. The van der Waals surface area contributed by atoms with Crippen molar-refractivity contribution >= 4 is 0 Å². The molecule has 0 aliphatic heterocycles. The highest BCUT2D eigenvalue weighted by Crippen LogP contribution is 2.13. The second-order valence-electron chi connectivity index (χ2n) is 5.54. The summed E-state index contributed by atoms with van der Waals surface area (Å²) in [4.78, 5) is 0. The SMILES string of the molecule is CCCC(O)CCCCCCCCC(C)C. The predicted molar refractivity (Wildman–Crippen MR) is 72.7 cm³/mol. The highest BCUT2D eigenvalue weighted by atomic mass is 16.3. The van der Waals surface area contributed by atoms with E-state index in [0.29, 0.717) is 0 Å². The second-order valence-corrected chi connectivity index (χ2v) is 5.54. The van der Waals surface area contributed by atoms with E-state index in [0.717, 1.165) is 25.2 Å². The zero-order valence-corrected chi connectivity index (χ0v) is 11.7. The molecule has 0 aromatic heterocycles. The van der Waals surface area contributed by atoms with Gasteiger partial charge in [-0.2, -0.15) is 0 Å². The minimum absolute atomic E-state index is 0.0362. The van der Waals surface area contributed by atoms with Crippen LogP contribution in [0.5, 0.6) is 0 Å². The van der Waals surface area contributed by atoms with Gasteiger partial charge in [-0.3, -0.25) is 0 Å². The number of unbranched alkanes of at least 4 members (excludes halogenated alkanes) is 5. The lowest BCUT2D eigenvalue weighted by atomic mass is 10.0. The molecule has 0 amide bonds. The van der Waals surface area contributed by atoms with Crippen LogP contribution in [-0.2, 0) is 0 Å². The molecule has 0 bridgehead atoms. The predicted octanol–water partition coefficient (Wildman–Crippen LogP) is 4.92. The van der Waals surface area contributed by atoms with Crippen molar-refractivity contribution in [3.63, 3.8) is 0 Å². The molecule has 98 valence electrons. The van der Waals surface area contributed by atoms with Gasteiger partial charge in [0, 0.05) is 0 Å². The Bertz CT molecular complexity index is 131. The Morgan fingerprint density at radius 1 is 0.750 bits per heavy atom. The zero-order valence-electron chi connectivity index (χ0n) is 11.7. The molecule has 0 aliphatic rings. The van der Waals surface area contributed by atoms with Crippen LogP contribution in [0.25, 0.3) is 0 Å². The number of hydrogen-bond donors (Lipinski definition) is 1. The zero-order chi connectivity index (χ0) is 12.2. The monoisotopic (exact) mass is 228 g/mol. The Morgan fingerprint density at radius 3 is 1.75 bits per heavy atom. The number of aliphatic hydroxyl groups is 1. The van der Waals surface area contributed by atoms with E-state index in [1.54, 1.807) is 0 Å². The number of hydrogen-bond acceptors (Lipinski definition) is 1. The molecular weight excluding hydrogens is 196 g/mol. The van der Waals surface area contributed by atoms with Gasteiger partial charge in [-0.15, -0.1) is 0 Å². The maximum Gasteiger partial charge on any atom is 0.0540 e. The van der Waals surface area contributed by atoms with E-state index in [1.807, 2.05) is 0 Å². The van der Waals surface area contributed by atoms with Crippen molar-refractivity contribution in [2.24, 2.45) is 5.92 Å². The fourth-order valence-electron chi connectivity index (χ4n) is 2.12. The van der Waals surface area contributed by atoms with Crippen LogP contribution in [0.1, 0.15) is 85.0 Å². The smallest absolute Gasteiger partial charge is 0.0540 e. The summed E-state index contributed by atoms with van der Waals surface area (Å²) in [7, 11) is 0. The number of aliphatic hydroxyl groups excluding tert-OH is 1. The molecule has 0 radical (unpaired) electrons. The van der Waals surface area contributed by atoms with E-state index in [-0.39, 0.29) is 6.10 Å². The molecule has 0 saturated heterocycles. The summed E-state index contributed by atoms with van der Waals surface area (Å²) >= 11 is 0. The van der Waals surface area contributed by atoms with Gasteiger partial charge < -0.3 is 5.11 Å². The van der Waals surface area contributed by atoms with Crippen molar-refractivity contribution < 1.29 is 5.11 Å². The van der Waals surface area contributed by atoms with Gasteiger partial charge in [0.1, 0.15) is 0 Å². The average molecular weight is 228 g/mol. The van der Waals surface area contributed by atoms with Gasteiger partial charge in [0.05, 0.1) is 6.10 Å². The maximum absolute atomic E-state index is 9.55. The summed E-state index contributed by atoms with van der Waals surface area (Å²) in [5.41, 5.74) is 0. The molecule has 0 aromatic carbocycles. The minimum Gasteiger partial charge on any atom is -0.393 e. The van der Waals surface area contributed by atoms with Crippen LogP contribution in [0.4, 0.5) is 0 Å². The van der Waals surface area contributed by atoms with Crippen LogP contribution in [0.3, 0.4) is 0 Å². The molecule has 0 rings (SSSR count). The molecule has 1 atom stereocenters. The van der Waals surface area contributed by atoms with Crippen molar-refractivity contribution in [3.8, 4) is 0 Å².